The highest BCUT2D eigenvalue weighted by Gasteiger charge is 2.46. The first-order valence-corrected chi connectivity index (χ1v) is 19.0. The molecule has 6 aromatic carbocycles. The standard InChI is InChI=1S/C52H41N/c1-51(2)47-23-13-11-21-43(47)45-29-26-39(34-50(45)51)52(32-31-36-15-5-3-6-16-36)48-24-14-12-22-44(48)46-35-42(28-30-49(46)52)53(40-19-7-4-8-20-40)41-27-25-37-17-9-10-18-38(37)33-41/h3-9,11-15,17,19-30,33-36H,10,16,18H2,1-2H3. The summed E-state index contributed by atoms with van der Waals surface area (Å²) in [4.78, 5) is 2.42. The minimum Gasteiger partial charge on any atom is -0.310 e. The van der Waals surface area contributed by atoms with Crippen molar-refractivity contribution in [2.24, 2.45) is 5.92 Å². The average molecular weight is 680 g/mol. The Labute approximate surface area is 313 Å². The van der Waals surface area contributed by atoms with Crippen molar-refractivity contribution in [3.8, 4) is 34.1 Å². The molecule has 10 rings (SSSR count). The summed E-state index contributed by atoms with van der Waals surface area (Å²) in [5.41, 5.74) is 17.1. The molecule has 6 aromatic rings. The number of allylic oxidation sites excluding steroid dienone is 5. The van der Waals surface area contributed by atoms with Gasteiger partial charge in [0.2, 0.25) is 0 Å². The van der Waals surface area contributed by atoms with E-state index in [9.17, 15) is 0 Å². The van der Waals surface area contributed by atoms with Gasteiger partial charge < -0.3 is 4.90 Å². The van der Waals surface area contributed by atoms with Gasteiger partial charge in [0.1, 0.15) is 5.41 Å². The number of nitrogens with zero attached hydrogens (tertiary/aromatic N) is 1. The summed E-state index contributed by atoms with van der Waals surface area (Å²) in [6.07, 6.45) is 16.4. The van der Waals surface area contributed by atoms with E-state index >= 15 is 0 Å². The normalized spacial score (nSPS) is 19.3. The molecule has 0 radical (unpaired) electrons. The highest BCUT2D eigenvalue weighted by molar-refractivity contribution is 5.91. The minimum absolute atomic E-state index is 0.112. The zero-order valence-corrected chi connectivity index (χ0v) is 30.3. The SMILES string of the molecule is CC1(C)c2ccccc2-c2ccc(C3(C#CC4C=CC=CC4)c4ccccc4-c4cc(N(c5ccccc5)c5ccc6c(c5)CCC=C6)ccc43)cc21. The molecular formula is C52H41N. The van der Waals surface area contributed by atoms with Gasteiger partial charge in [-0.05, 0) is 117 Å². The van der Waals surface area contributed by atoms with Crippen LogP contribution in [0.5, 0.6) is 0 Å². The van der Waals surface area contributed by atoms with Crippen LogP contribution in [0, 0.1) is 17.8 Å². The van der Waals surface area contributed by atoms with E-state index in [-0.39, 0.29) is 11.3 Å². The van der Waals surface area contributed by atoms with Crippen LogP contribution < -0.4 is 4.90 Å². The van der Waals surface area contributed by atoms with Crippen molar-refractivity contribution in [2.45, 2.75) is 43.9 Å². The fourth-order valence-electron chi connectivity index (χ4n) is 9.34. The van der Waals surface area contributed by atoms with E-state index in [1.54, 1.807) is 0 Å². The fourth-order valence-corrected chi connectivity index (χ4v) is 9.34. The molecule has 4 aliphatic carbocycles. The van der Waals surface area contributed by atoms with Gasteiger partial charge in [0.25, 0.3) is 0 Å². The lowest BCUT2D eigenvalue weighted by atomic mass is 9.71. The van der Waals surface area contributed by atoms with Gasteiger partial charge in [-0.25, -0.2) is 0 Å². The maximum atomic E-state index is 4.02. The van der Waals surface area contributed by atoms with Crippen LogP contribution in [0.2, 0.25) is 0 Å². The second-order valence-electron chi connectivity index (χ2n) is 15.4. The molecule has 0 amide bonds. The van der Waals surface area contributed by atoms with E-state index in [0.717, 1.165) is 30.6 Å². The zero-order valence-electron chi connectivity index (χ0n) is 30.3. The average Bonchev–Trinajstić information content (AvgIpc) is 3.63. The van der Waals surface area contributed by atoms with Gasteiger partial charge in [0.15, 0.2) is 0 Å². The molecule has 1 nitrogen and oxygen atoms in total. The van der Waals surface area contributed by atoms with Crippen LogP contribution in [-0.2, 0) is 17.3 Å². The van der Waals surface area contributed by atoms with Crippen LogP contribution in [0.15, 0.2) is 164 Å². The Balaban J connectivity index is 1.20. The van der Waals surface area contributed by atoms with Crippen LogP contribution >= 0.6 is 0 Å². The monoisotopic (exact) mass is 679 g/mol. The number of hydrogen-bond donors (Lipinski definition) is 0. The molecular weight excluding hydrogens is 639 g/mol. The highest BCUT2D eigenvalue weighted by atomic mass is 15.1. The van der Waals surface area contributed by atoms with Crippen molar-refractivity contribution in [1.29, 1.82) is 0 Å². The number of hydrogen-bond acceptors (Lipinski definition) is 1. The molecule has 1 heteroatoms. The summed E-state index contributed by atoms with van der Waals surface area (Å²) >= 11 is 0. The first-order valence-electron chi connectivity index (χ1n) is 19.0. The Morgan fingerprint density at radius 2 is 1.30 bits per heavy atom. The van der Waals surface area contributed by atoms with E-state index in [4.69, 9.17) is 0 Å². The Kier molecular flexibility index (Phi) is 7.31. The van der Waals surface area contributed by atoms with Gasteiger partial charge in [-0.3, -0.25) is 0 Å². The first-order chi connectivity index (χ1) is 26.0. The molecule has 0 aliphatic heterocycles. The Morgan fingerprint density at radius 3 is 2.13 bits per heavy atom. The Bertz CT molecular complexity index is 2590. The molecule has 0 aromatic heterocycles. The third kappa shape index (κ3) is 4.93. The highest BCUT2D eigenvalue weighted by Crippen LogP contribution is 2.56. The van der Waals surface area contributed by atoms with Crippen molar-refractivity contribution in [1.82, 2.24) is 0 Å². The molecule has 2 unspecified atom stereocenters. The second kappa shape index (κ2) is 12.3. The van der Waals surface area contributed by atoms with Crippen LogP contribution in [0.25, 0.3) is 28.3 Å². The maximum Gasteiger partial charge on any atom is 0.107 e. The van der Waals surface area contributed by atoms with Gasteiger partial charge in [-0.1, -0.05) is 159 Å². The van der Waals surface area contributed by atoms with Crippen molar-refractivity contribution < 1.29 is 0 Å². The van der Waals surface area contributed by atoms with E-state index < -0.39 is 5.41 Å². The number of anilines is 3. The molecule has 0 saturated carbocycles. The van der Waals surface area contributed by atoms with Gasteiger partial charge in [0.05, 0.1) is 0 Å². The van der Waals surface area contributed by atoms with Crippen LogP contribution in [0.1, 0.15) is 65.6 Å². The van der Waals surface area contributed by atoms with Crippen LogP contribution in [-0.4, -0.2) is 0 Å². The smallest absolute Gasteiger partial charge is 0.107 e. The van der Waals surface area contributed by atoms with Crippen molar-refractivity contribution >= 4 is 23.1 Å². The number of fused-ring (bicyclic) bond motifs is 7. The third-order valence-corrected chi connectivity index (χ3v) is 12.0. The molecule has 254 valence electrons. The quantitative estimate of drug-likeness (QED) is 0.168. The summed E-state index contributed by atoms with van der Waals surface area (Å²) < 4.78 is 0. The summed E-state index contributed by atoms with van der Waals surface area (Å²) in [6, 6.07) is 50.0. The van der Waals surface area contributed by atoms with Crippen molar-refractivity contribution in [3.05, 3.63) is 203 Å². The van der Waals surface area contributed by atoms with E-state index in [1.165, 1.54) is 66.9 Å². The van der Waals surface area contributed by atoms with E-state index in [0.29, 0.717) is 0 Å². The van der Waals surface area contributed by atoms with Crippen LogP contribution in [0.3, 0.4) is 0 Å². The number of rotatable bonds is 4. The Morgan fingerprint density at radius 1 is 0.585 bits per heavy atom. The number of para-hydroxylation sites is 1. The molecule has 0 fully saturated rings. The van der Waals surface area contributed by atoms with Gasteiger partial charge in [-0.2, -0.15) is 0 Å². The number of aryl methyl sites for hydroxylation is 1. The van der Waals surface area contributed by atoms with Crippen LogP contribution in [0.4, 0.5) is 17.1 Å². The lowest BCUT2D eigenvalue weighted by Gasteiger charge is -2.31. The summed E-state index contributed by atoms with van der Waals surface area (Å²) in [7, 11) is 0. The molecule has 0 bridgehead atoms. The first kappa shape index (κ1) is 31.6. The molecule has 0 heterocycles. The maximum absolute atomic E-state index is 4.02. The molecule has 4 aliphatic rings. The third-order valence-electron chi connectivity index (χ3n) is 12.0. The lowest BCUT2D eigenvalue weighted by molar-refractivity contribution is 0.657. The molecule has 0 spiro atoms. The fraction of sp³-hybridized carbons (Fsp3) is 0.154. The minimum atomic E-state index is -0.630. The molecule has 53 heavy (non-hydrogen) atoms. The summed E-state index contributed by atoms with van der Waals surface area (Å²) in [5.74, 6) is 8.00. The largest absolute Gasteiger partial charge is 0.310 e. The van der Waals surface area contributed by atoms with Gasteiger partial charge in [0, 0.05) is 28.4 Å². The van der Waals surface area contributed by atoms with Crippen molar-refractivity contribution in [2.75, 3.05) is 4.90 Å². The molecule has 2 atom stereocenters. The zero-order chi connectivity index (χ0) is 35.6. The Hall–Kier alpha value is -6.10. The van der Waals surface area contributed by atoms with E-state index in [1.807, 2.05) is 0 Å². The number of benzene rings is 6. The van der Waals surface area contributed by atoms with Gasteiger partial charge in [-0.15, -0.1) is 0 Å². The van der Waals surface area contributed by atoms with E-state index in [2.05, 4.69) is 201 Å². The predicted octanol–water partition coefficient (Wildman–Crippen LogP) is 12.9. The summed E-state index contributed by atoms with van der Waals surface area (Å²) in [6.45, 7) is 4.74. The van der Waals surface area contributed by atoms with Crippen molar-refractivity contribution in [3.63, 3.8) is 0 Å². The van der Waals surface area contributed by atoms with Gasteiger partial charge >= 0.3 is 0 Å². The summed E-state index contributed by atoms with van der Waals surface area (Å²) in [5, 5.41) is 0. The molecule has 0 saturated heterocycles. The molecule has 0 N–H and O–H groups in total. The predicted molar refractivity (Wildman–Crippen MR) is 222 cm³/mol. The topological polar surface area (TPSA) is 3.24 Å². The lowest BCUT2D eigenvalue weighted by Crippen LogP contribution is -2.26. The second-order valence-corrected chi connectivity index (χ2v) is 15.4.